The number of amidine groups is 1. The first-order valence-electron chi connectivity index (χ1n) is 10.1. The summed E-state index contributed by atoms with van der Waals surface area (Å²) < 4.78 is 106. The van der Waals surface area contributed by atoms with Crippen LogP contribution >= 0.6 is 23.5 Å². The van der Waals surface area contributed by atoms with E-state index in [2.05, 4.69) is 4.98 Å². The van der Waals surface area contributed by atoms with Crippen molar-refractivity contribution in [1.29, 1.82) is 5.41 Å². The van der Waals surface area contributed by atoms with Crippen molar-refractivity contribution in [2.45, 2.75) is 22.9 Å². The van der Waals surface area contributed by atoms with Gasteiger partial charge >= 0.3 is 18.0 Å². The number of hydrogen-bond acceptors (Lipinski definition) is 7. The van der Waals surface area contributed by atoms with Crippen LogP contribution in [0.1, 0.15) is 15.9 Å². The fraction of sp³-hybridized carbons (Fsp3) is 0.350. The second-order valence-electron chi connectivity index (χ2n) is 7.36. The Hall–Kier alpha value is -2.67. The minimum absolute atomic E-state index is 0.100. The number of carbonyl (C=O) groups excluding carboxylic acids is 1. The van der Waals surface area contributed by atoms with Crippen molar-refractivity contribution in [3.63, 3.8) is 0 Å². The zero-order valence-corrected chi connectivity index (χ0v) is 21.1. The zero-order valence-electron chi connectivity index (χ0n) is 19.5. The van der Waals surface area contributed by atoms with Crippen LogP contribution in [0.25, 0.3) is 0 Å². The Labute approximate surface area is 219 Å². The Balaban J connectivity index is 2.36. The lowest BCUT2D eigenvalue weighted by Gasteiger charge is -2.28. The summed E-state index contributed by atoms with van der Waals surface area (Å²) in [7, 11) is 1.33. The molecule has 0 aliphatic heterocycles. The van der Waals surface area contributed by atoms with Crippen LogP contribution in [-0.2, 0) is 10.8 Å². The molecule has 0 aliphatic rings. The summed E-state index contributed by atoms with van der Waals surface area (Å²) in [5, 5.41) is 11.0. The van der Waals surface area contributed by atoms with Gasteiger partial charge in [-0.2, -0.15) is 48.0 Å². The highest BCUT2D eigenvalue weighted by Crippen LogP contribution is 2.51. The Morgan fingerprint density at radius 2 is 1.87 bits per heavy atom. The molecule has 0 saturated heterocycles. The fourth-order valence-electron chi connectivity index (χ4n) is 2.71. The molecule has 18 heteroatoms. The molecule has 1 aromatic heterocycles. The van der Waals surface area contributed by atoms with Crippen molar-refractivity contribution in [2.75, 3.05) is 31.0 Å². The van der Waals surface area contributed by atoms with E-state index in [9.17, 15) is 39.9 Å². The summed E-state index contributed by atoms with van der Waals surface area (Å²) in [6.07, 6.45) is -4.89. The largest absolute Gasteiger partial charge is 0.460 e. The van der Waals surface area contributed by atoms with E-state index in [0.717, 1.165) is 16.8 Å². The van der Waals surface area contributed by atoms with E-state index in [1.165, 1.54) is 42.6 Å². The summed E-state index contributed by atoms with van der Waals surface area (Å²) in [5.41, 5.74) is -0.604. The Bertz CT molecular complexity index is 1170. The molecule has 0 aliphatic carbocycles. The van der Waals surface area contributed by atoms with Crippen molar-refractivity contribution in [3.8, 4) is 0 Å². The monoisotopic (exact) mass is 593 g/mol. The van der Waals surface area contributed by atoms with Crippen LogP contribution in [-0.4, -0.2) is 58.8 Å². The number of nitrogens with two attached hydrogens (primary N) is 2. The number of rotatable bonds is 10. The number of halogens is 8. The summed E-state index contributed by atoms with van der Waals surface area (Å²) in [6, 6.07) is 3.95. The maximum Gasteiger partial charge on any atom is 0.460 e. The minimum atomic E-state index is -6.62. The summed E-state index contributed by atoms with van der Waals surface area (Å²) in [5.74, 6) is -9.82. The normalized spacial score (nSPS) is 12.4. The topological polar surface area (TPSA) is 121 Å². The number of aromatic nitrogens is 1. The highest BCUT2D eigenvalue weighted by molar-refractivity contribution is 8.13. The van der Waals surface area contributed by atoms with Crippen LogP contribution in [0, 0.1) is 11.2 Å². The average molecular weight is 594 g/mol. The second kappa shape index (κ2) is 12.5. The molecule has 1 heterocycles. The summed E-state index contributed by atoms with van der Waals surface area (Å²) in [4.78, 5) is 21.1. The molecule has 0 saturated carbocycles. The smallest absolute Gasteiger partial charge is 0.304 e. The van der Waals surface area contributed by atoms with Gasteiger partial charge in [-0.25, -0.2) is 20.1 Å². The number of quaternary nitrogens is 1. The lowest BCUT2D eigenvalue weighted by molar-refractivity contribution is -0.830. The number of thioether (sulfide) groups is 2. The second-order valence-corrected chi connectivity index (χ2v) is 9.37. The van der Waals surface area contributed by atoms with Crippen LogP contribution in [0.5, 0.6) is 0 Å². The van der Waals surface area contributed by atoms with E-state index in [-0.39, 0.29) is 27.9 Å². The van der Waals surface area contributed by atoms with Crippen molar-refractivity contribution in [2.24, 2.45) is 5.84 Å². The third-order valence-corrected chi connectivity index (χ3v) is 6.29. The SMILES string of the molecule is CO[NH2+]c1ccc(SC(=N)N(N)CCSC)c(C(=O)Nc2ncc(C(F)(F)C(F)(F)C(F)(F)F)cc2F)c1. The molecule has 6 N–H and O–H groups in total. The van der Waals surface area contributed by atoms with Gasteiger partial charge in [0.25, 0.3) is 5.91 Å². The van der Waals surface area contributed by atoms with Crippen LogP contribution < -0.4 is 16.6 Å². The molecule has 0 spiro atoms. The molecular weight excluding hydrogens is 572 g/mol. The maximum absolute atomic E-state index is 14.4. The molecule has 8 nitrogen and oxygen atoms in total. The lowest BCUT2D eigenvalue weighted by atomic mass is 10.0. The number of hydrogen-bond donors (Lipinski definition) is 4. The van der Waals surface area contributed by atoms with E-state index in [0.29, 0.717) is 18.0 Å². The number of alkyl halides is 7. The van der Waals surface area contributed by atoms with Crippen LogP contribution in [0.4, 0.5) is 46.6 Å². The van der Waals surface area contributed by atoms with Gasteiger partial charge < -0.3 is 5.32 Å². The van der Waals surface area contributed by atoms with Crippen molar-refractivity contribution >= 4 is 46.1 Å². The molecule has 1 amide bonds. The predicted octanol–water partition coefficient (Wildman–Crippen LogP) is 4.08. The lowest BCUT2D eigenvalue weighted by Crippen LogP contribution is -2.76. The van der Waals surface area contributed by atoms with Gasteiger partial charge in [0.15, 0.2) is 22.5 Å². The molecule has 2 rings (SSSR count). The molecule has 1 aromatic carbocycles. The van der Waals surface area contributed by atoms with Gasteiger partial charge in [0.05, 0.1) is 12.7 Å². The predicted molar refractivity (Wildman–Crippen MR) is 125 cm³/mol. The van der Waals surface area contributed by atoms with Gasteiger partial charge in [0, 0.05) is 41.1 Å². The number of anilines is 1. The number of nitrogens with zero attached hydrogens (tertiary/aromatic N) is 2. The highest BCUT2D eigenvalue weighted by atomic mass is 32.2. The van der Waals surface area contributed by atoms with E-state index < -0.39 is 41.1 Å². The van der Waals surface area contributed by atoms with Gasteiger partial charge in [-0.1, -0.05) is 11.8 Å². The number of carbonyl (C=O) groups is 1. The van der Waals surface area contributed by atoms with E-state index in [4.69, 9.17) is 16.1 Å². The molecule has 38 heavy (non-hydrogen) atoms. The van der Waals surface area contributed by atoms with Crippen LogP contribution in [0.2, 0.25) is 0 Å². The number of hydrazine groups is 1. The molecule has 2 aromatic rings. The minimum Gasteiger partial charge on any atom is -0.304 e. The molecule has 0 radical (unpaired) electrons. The maximum atomic E-state index is 14.4. The number of amides is 1. The van der Waals surface area contributed by atoms with Crippen LogP contribution in [0.15, 0.2) is 35.4 Å². The van der Waals surface area contributed by atoms with E-state index >= 15 is 0 Å². The number of benzene rings is 1. The quantitative estimate of drug-likeness (QED) is 0.0623. The number of pyridine rings is 1. The van der Waals surface area contributed by atoms with Gasteiger partial charge in [-0.15, -0.1) is 0 Å². The first-order valence-corrected chi connectivity index (χ1v) is 12.3. The van der Waals surface area contributed by atoms with Crippen molar-refractivity contribution < 1.29 is 50.2 Å². The first kappa shape index (κ1) is 31.5. The van der Waals surface area contributed by atoms with Crippen molar-refractivity contribution in [3.05, 3.63) is 47.4 Å². The number of nitrogens with one attached hydrogen (secondary N) is 2. The molecule has 0 unspecified atom stereocenters. The fourth-order valence-corrected chi connectivity index (χ4v) is 3.91. The third-order valence-electron chi connectivity index (χ3n) is 4.69. The van der Waals surface area contributed by atoms with Gasteiger partial charge in [0.1, 0.15) is 0 Å². The first-order chi connectivity index (χ1) is 17.6. The molecule has 210 valence electrons. The Morgan fingerprint density at radius 1 is 1.21 bits per heavy atom. The third kappa shape index (κ3) is 7.04. The molecule has 0 atom stereocenters. The Kier molecular flexibility index (Phi) is 10.3. The summed E-state index contributed by atoms with van der Waals surface area (Å²) in [6.45, 7) is 0.309. The van der Waals surface area contributed by atoms with Gasteiger partial charge in [-0.3, -0.25) is 15.2 Å². The summed E-state index contributed by atoms with van der Waals surface area (Å²) >= 11 is 2.25. The van der Waals surface area contributed by atoms with Gasteiger partial charge in [-0.05, 0) is 18.4 Å². The van der Waals surface area contributed by atoms with E-state index in [1.807, 2.05) is 11.6 Å². The highest BCUT2D eigenvalue weighted by Gasteiger charge is 2.73. The molecular formula is C20H21F8N6O2S2+. The molecule has 0 fully saturated rings. The standard InChI is InChI=1S/C20H20F8N6O2S2/c1-36-33-11-3-4-14(38-17(29)34(30)5-6-37-2)12(8-11)16(35)32-15-13(21)7-10(9-31-15)18(22,23)19(24,25)20(26,27)28/h3-4,7-9,29,33H,5-6,30H2,1-2H3,(H,31,32,35)/p+1. The zero-order chi connectivity index (χ0) is 28.9. The van der Waals surface area contributed by atoms with E-state index in [1.54, 1.807) is 0 Å². The Morgan fingerprint density at radius 3 is 2.42 bits per heavy atom. The van der Waals surface area contributed by atoms with Crippen molar-refractivity contribution in [1.82, 2.24) is 9.99 Å². The van der Waals surface area contributed by atoms with Crippen LogP contribution in [0.3, 0.4) is 0 Å². The average Bonchev–Trinajstić information content (AvgIpc) is 2.83. The van der Waals surface area contributed by atoms with Gasteiger partial charge in [0.2, 0.25) is 0 Å². The molecule has 0 bridgehead atoms.